The van der Waals surface area contributed by atoms with Crippen LogP contribution in [-0.4, -0.2) is 18.1 Å². The Balaban J connectivity index is 2.02. The molecule has 0 saturated heterocycles. The third-order valence-electron chi connectivity index (χ3n) is 3.23. The van der Waals surface area contributed by atoms with Gasteiger partial charge in [0.15, 0.2) is 0 Å². The third kappa shape index (κ3) is 3.23. The van der Waals surface area contributed by atoms with Crippen molar-refractivity contribution in [2.75, 3.05) is 0 Å². The van der Waals surface area contributed by atoms with E-state index in [2.05, 4.69) is 15.9 Å². The number of nitrogens with two attached hydrogens (primary N) is 2. The van der Waals surface area contributed by atoms with Gasteiger partial charge in [0.05, 0.1) is 11.7 Å². The fourth-order valence-corrected chi connectivity index (χ4v) is 2.72. The molecule has 0 aliphatic heterocycles. The van der Waals surface area contributed by atoms with E-state index in [1.54, 1.807) is 18.2 Å². The van der Waals surface area contributed by atoms with Crippen molar-refractivity contribution >= 4 is 21.8 Å². The molecular weight excluding hydrogens is 296 g/mol. The van der Waals surface area contributed by atoms with Gasteiger partial charge in [-0.25, -0.2) is 0 Å². The molecule has 0 radical (unpaired) electrons. The van der Waals surface area contributed by atoms with E-state index in [9.17, 15) is 4.79 Å². The average molecular weight is 313 g/mol. The summed E-state index contributed by atoms with van der Waals surface area (Å²) in [6, 6.07) is 5.55. The number of hydrogen-bond acceptors (Lipinski definition) is 3. The molecule has 1 aliphatic carbocycles. The first-order valence-corrected chi connectivity index (χ1v) is 6.87. The highest BCUT2D eigenvalue weighted by atomic mass is 79.9. The molecule has 4 nitrogen and oxygen atoms in total. The van der Waals surface area contributed by atoms with Gasteiger partial charge in [-0.3, -0.25) is 4.79 Å². The van der Waals surface area contributed by atoms with Gasteiger partial charge in [-0.1, -0.05) is 0 Å². The van der Waals surface area contributed by atoms with Crippen LogP contribution in [0, 0.1) is 0 Å². The molecule has 1 aromatic carbocycles. The Bertz CT molecular complexity index is 443. The molecule has 0 unspecified atom stereocenters. The lowest BCUT2D eigenvalue weighted by Gasteiger charge is -2.26. The Labute approximate surface area is 115 Å². The van der Waals surface area contributed by atoms with Crippen molar-refractivity contribution in [3.05, 3.63) is 28.2 Å². The Morgan fingerprint density at radius 3 is 2.50 bits per heavy atom. The summed E-state index contributed by atoms with van der Waals surface area (Å²) in [5.74, 6) is 0.310. The minimum Gasteiger partial charge on any atom is -0.490 e. The van der Waals surface area contributed by atoms with Crippen LogP contribution in [-0.2, 0) is 0 Å². The van der Waals surface area contributed by atoms with E-state index in [0.29, 0.717) is 16.1 Å². The quantitative estimate of drug-likeness (QED) is 0.898. The minimum absolute atomic E-state index is 0.219. The van der Waals surface area contributed by atoms with E-state index >= 15 is 0 Å². The van der Waals surface area contributed by atoms with Crippen LogP contribution in [0.15, 0.2) is 22.7 Å². The molecule has 1 aromatic rings. The van der Waals surface area contributed by atoms with Crippen LogP contribution in [0.25, 0.3) is 0 Å². The molecule has 0 spiro atoms. The molecular formula is C13H17BrN2O2. The standard InChI is InChI=1S/C13H17BrN2O2/c14-12-7-10(5-6-11(12)13(16)17)18-9-3-1-8(15)2-4-9/h5-9H,1-4,15H2,(H2,16,17). The first-order chi connectivity index (χ1) is 8.56. The molecule has 1 fully saturated rings. The predicted octanol–water partition coefficient (Wildman–Crippen LogP) is 2.20. The van der Waals surface area contributed by atoms with Gasteiger partial charge in [-0.05, 0) is 59.8 Å². The maximum Gasteiger partial charge on any atom is 0.249 e. The molecule has 98 valence electrons. The summed E-state index contributed by atoms with van der Waals surface area (Å²) in [4.78, 5) is 11.1. The second kappa shape index (κ2) is 5.71. The van der Waals surface area contributed by atoms with Crippen LogP contribution in [0.5, 0.6) is 5.75 Å². The van der Waals surface area contributed by atoms with Crippen molar-refractivity contribution in [2.45, 2.75) is 37.8 Å². The van der Waals surface area contributed by atoms with E-state index < -0.39 is 5.91 Å². The Morgan fingerprint density at radius 1 is 1.28 bits per heavy atom. The second-order valence-corrected chi connectivity index (χ2v) is 5.51. The zero-order valence-electron chi connectivity index (χ0n) is 10.1. The van der Waals surface area contributed by atoms with E-state index in [1.807, 2.05) is 0 Å². The largest absolute Gasteiger partial charge is 0.490 e. The maximum atomic E-state index is 11.1. The number of halogens is 1. The summed E-state index contributed by atoms with van der Waals surface area (Å²) < 4.78 is 6.55. The second-order valence-electron chi connectivity index (χ2n) is 4.66. The van der Waals surface area contributed by atoms with Gasteiger partial charge in [-0.15, -0.1) is 0 Å². The van der Waals surface area contributed by atoms with Crippen LogP contribution in [0.4, 0.5) is 0 Å². The fourth-order valence-electron chi connectivity index (χ4n) is 2.17. The number of carbonyl (C=O) groups is 1. The zero-order chi connectivity index (χ0) is 13.1. The summed E-state index contributed by atoms with van der Waals surface area (Å²) >= 11 is 3.32. The van der Waals surface area contributed by atoms with Crippen molar-refractivity contribution < 1.29 is 9.53 Å². The topological polar surface area (TPSA) is 78.3 Å². The van der Waals surface area contributed by atoms with E-state index in [1.165, 1.54) is 0 Å². The van der Waals surface area contributed by atoms with Crippen molar-refractivity contribution in [3.63, 3.8) is 0 Å². The fraction of sp³-hybridized carbons (Fsp3) is 0.462. The monoisotopic (exact) mass is 312 g/mol. The average Bonchev–Trinajstić information content (AvgIpc) is 2.32. The van der Waals surface area contributed by atoms with E-state index in [0.717, 1.165) is 31.4 Å². The van der Waals surface area contributed by atoms with Crippen molar-refractivity contribution in [1.82, 2.24) is 0 Å². The summed E-state index contributed by atoms with van der Waals surface area (Å²) in [7, 11) is 0. The molecule has 18 heavy (non-hydrogen) atoms. The lowest BCUT2D eigenvalue weighted by Crippen LogP contribution is -2.31. The summed E-state index contributed by atoms with van der Waals surface area (Å²) in [5.41, 5.74) is 11.6. The van der Waals surface area contributed by atoms with Gasteiger partial charge < -0.3 is 16.2 Å². The van der Waals surface area contributed by atoms with Crippen LogP contribution in [0.1, 0.15) is 36.0 Å². The lowest BCUT2D eigenvalue weighted by molar-refractivity contribution is 0.0999. The van der Waals surface area contributed by atoms with Crippen LogP contribution < -0.4 is 16.2 Å². The summed E-state index contributed by atoms with van der Waals surface area (Å²) in [5, 5.41) is 0. The van der Waals surface area contributed by atoms with Crippen molar-refractivity contribution in [2.24, 2.45) is 11.5 Å². The molecule has 0 heterocycles. The molecule has 1 aliphatic rings. The molecule has 0 atom stereocenters. The van der Waals surface area contributed by atoms with Gasteiger partial charge in [-0.2, -0.15) is 0 Å². The van der Waals surface area contributed by atoms with E-state index in [4.69, 9.17) is 16.2 Å². The van der Waals surface area contributed by atoms with E-state index in [-0.39, 0.29) is 6.10 Å². The number of rotatable bonds is 3. The summed E-state index contributed by atoms with van der Waals surface area (Å²) in [6.45, 7) is 0. The molecule has 2 rings (SSSR count). The van der Waals surface area contributed by atoms with Crippen LogP contribution in [0.3, 0.4) is 0 Å². The van der Waals surface area contributed by atoms with Gasteiger partial charge in [0, 0.05) is 10.5 Å². The van der Waals surface area contributed by atoms with Crippen molar-refractivity contribution in [3.8, 4) is 5.75 Å². The highest BCUT2D eigenvalue weighted by Crippen LogP contribution is 2.27. The first kappa shape index (κ1) is 13.4. The number of hydrogen-bond donors (Lipinski definition) is 2. The van der Waals surface area contributed by atoms with Gasteiger partial charge >= 0.3 is 0 Å². The maximum absolute atomic E-state index is 11.1. The van der Waals surface area contributed by atoms with Gasteiger partial charge in [0.25, 0.3) is 0 Å². The molecule has 4 N–H and O–H groups in total. The Kier molecular flexibility index (Phi) is 4.24. The van der Waals surface area contributed by atoms with Gasteiger partial charge in [0.1, 0.15) is 5.75 Å². The van der Waals surface area contributed by atoms with Gasteiger partial charge in [0.2, 0.25) is 5.91 Å². The number of benzene rings is 1. The number of primary amides is 1. The molecule has 1 amide bonds. The SMILES string of the molecule is NC(=O)c1ccc(OC2CCC(N)CC2)cc1Br. The number of amides is 1. The van der Waals surface area contributed by atoms with Crippen molar-refractivity contribution in [1.29, 1.82) is 0 Å². The van der Waals surface area contributed by atoms with Crippen LogP contribution >= 0.6 is 15.9 Å². The smallest absolute Gasteiger partial charge is 0.249 e. The zero-order valence-corrected chi connectivity index (χ0v) is 11.7. The molecule has 1 saturated carbocycles. The third-order valence-corrected chi connectivity index (χ3v) is 3.88. The Hall–Kier alpha value is -1.07. The highest BCUT2D eigenvalue weighted by Gasteiger charge is 2.20. The highest BCUT2D eigenvalue weighted by molar-refractivity contribution is 9.10. The first-order valence-electron chi connectivity index (χ1n) is 6.08. The minimum atomic E-state index is -0.447. The predicted molar refractivity (Wildman–Crippen MR) is 73.5 cm³/mol. The summed E-state index contributed by atoms with van der Waals surface area (Å²) in [6.07, 6.45) is 4.19. The number of ether oxygens (including phenoxy) is 1. The number of carbonyl (C=O) groups excluding carboxylic acids is 1. The lowest BCUT2D eigenvalue weighted by atomic mass is 9.94. The molecule has 5 heteroatoms. The molecule has 0 bridgehead atoms. The normalized spacial score (nSPS) is 23.7. The molecule has 0 aromatic heterocycles. The Morgan fingerprint density at radius 2 is 1.94 bits per heavy atom. The van der Waals surface area contributed by atoms with Crippen LogP contribution in [0.2, 0.25) is 0 Å².